The molecule has 3 nitrogen and oxygen atoms in total. The van der Waals surface area contributed by atoms with Crippen molar-refractivity contribution in [3.8, 4) is 0 Å². The molecule has 0 spiro atoms. The molecule has 1 aromatic rings. The van der Waals surface area contributed by atoms with Crippen LogP contribution in [-0.4, -0.2) is 18.2 Å². The second kappa shape index (κ2) is 5.16. The molecule has 0 heterocycles. The van der Waals surface area contributed by atoms with Gasteiger partial charge in [-0.05, 0) is 24.7 Å². The minimum absolute atomic E-state index is 0.0161. The Balaban J connectivity index is 1.50. The van der Waals surface area contributed by atoms with Gasteiger partial charge in [0.15, 0.2) is 5.78 Å². The van der Waals surface area contributed by atoms with Gasteiger partial charge in [-0.15, -0.1) is 0 Å². The first-order valence-corrected chi connectivity index (χ1v) is 7.13. The molecule has 0 radical (unpaired) electrons. The molecule has 2 fully saturated rings. The molecule has 100 valence electrons. The van der Waals surface area contributed by atoms with Crippen LogP contribution in [0.25, 0.3) is 0 Å². The molecule has 19 heavy (non-hydrogen) atoms. The van der Waals surface area contributed by atoms with E-state index >= 15 is 0 Å². The van der Waals surface area contributed by atoms with Crippen molar-refractivity contribution >= 4 is 11.7 Å². The second-order valence-electron chi connectivity index (χ2n) is 5.64. The fourth-order valence-electron chi connectivity index (χ4n) is 3.39. The SMILES string of the molecule is O=C(CNC(=O)C1C2CCCCC21)c1ccccc1. The van der Waals surface area contributed by atoms with Crippen molar-refractivity contribution in [1.82, 2.24) is 5.32 Å². The van der Waals surface area contributed by atoms with Crippen LogP contribution in [0.15, 0.2) is 30.3 Å². The largest absolute Gasteiger partial charge is 0.348 e. The second-order valence-corrected chi connectivity index (χ2v) is 5.64. The van der Waals surface area contributed by atoms with Crippen molar-refractivity contribution in [3.05, 3.63) is 35.9 Å². The fraction of sp³-hybridized carbons (Fsp3) is 0.500. The number of nitrogens with one attached hydrogen (secondary N) is 1. The van der Waals surface area contributed by atoms with Crippen molar-refractivity contribution in [3.63, 3.8) is 0 Å². The molecule has 2 unspecified atom stereocenters. The lowest BCUT2D eigenvalue weighted by atomic mass is 10.0. The highest BCUT2D eigenvalue weighted by molar-refractivity contribution is 5.99. The van der Waals surface area contributed by atoms with E-state index in [0.29, 0.717) is 17.4 Å². The number of carbonyl (C=O) groups is 2. The van der Waals surface area contributed by atoms with Gasteiger partial charge >= 0.3 is 0 Å². The van der Waals surface area contributed by atoms with E-state index in [1.54, 1.807) is 12.1 Å². The molecule has 2 aliphatic carbocycles. The highest BCUT2D eigenvalue weighted by Gasteiger charge is 2.54. The minimum Gasteiger partial charge on any atom is -0.348 e. The molecular weight excluding hydrogens is 238 g/mol. The summed E-state index contributed by atoms with van der Waals surface area (Å²) in [6.45, 7) is 0.124. The number of Topliss-reactive ketones (excluding diaryl/α,β-unsaturated/α-hetero) is 1. The van der Waals surface area contributed by atoms with Gasteiger partial charge in [0.1, 0.15) is 0 Å². The van der Waals surface area contributed by atoms with Crippen LogP contribution in [0.2, 0.25) is 0 Å². The average Bonchev–Trinajstić information content (AvgIpc) is 3.19. The third kappa shape index (κ3) is 2.55. The lowest BCUT2D eigenvalue weighted by molar-refractivity contribution is -0.122. The number of amides is 1. The van der Waals surface area contributed by atoms with E-state index in [1.165, 1.54) is 25.7 Å². The van der Waals surface area contributed by atoms with E-state index in [9.17, 15) is 9.59 Å². The molecule has 2 aliphatic rings. The maximum atomic E-state index is 12.0. The molecular formula is C16H19NO2. The van der Waals surface area contributed by atoms with Crippen molar-refractivity contribution in [2.45, 2.75) is 25.7 Å². The molecule has 1 amide bonds. The van der Waals surface area contributed by atoms with Gasteiger partial charge in [0.05, 0.1) is 6.54 Å². The summed E-state index contributed by atoms with van der Waals surface area (Å²) < 4.78 is 0. The third-order valence-electron chi connectivity index (χ3n) is 4.48. The topological polar surface area (TPSA) is 46.2 Å². The first-order valence-electron chi connectivity index (χ1n) is 7.13. The highest BCUT2D eigenvalue weighted by Crippen LogP contribution is 2.55. The van der Waals surface area contributed by atoms with Gasteiger partial charge < -0.3 is 5.32 Å². The van der Waals surface area contributed by atoms with E-state index in [-0.39, 0.29) is 24.2 Å². The van der Waals surface area contributed by atoms with Crippen LogP contribution in [0.1, 0.15) is 36.0 Å². The summed E-state index contributed by atoms with van der Waals surface area (Å²) in [7, 11) is 0. The summed E-state index contributed by atoms with van der Waals surface area (Å²) in [6.07, 6.45) is 4.90. The Morgan fingerprint density at radius 3 is 2.32 bits per heavy atom. The summed E-state index contributed by atoms with van der Waals surface area (Å²) in [5, 5.41) is 2.81. The maximum Gasteiger partial charge on any atom is 0.224 e. The Morgan fingerprint density at radius 2 is 1.68 bits per heavy atom. The van der Waals surface area contributed by atoms with Crippen LogP contribution in [0.4, 0.5) is 0 Å². The molecule has 0 saturated heterocycles. The zero-order valence-corrected chi connectivity index (χ0v) is 11.0. The van der Waals surface area contributed by atoms with Gasteiger partial charge in [0.2, 0.25) is 5.91 Å². The van der Waals surface area contributed by atoms with Gasteiger partial charge in [-0.2, -0.15) is 0 Å². The number of hydrogen-bond acceptors (Lipinski definition) is 2. The number of rotatable bonds is 4. The van der Waals surface area contributed by atoms with Crippen molar-refractivity contribution in [2.24, 2.45) is 17.8 Å². The predicted molar refractivity (Wildman–Crippen MR) is 72.7 cm³/mol. The Labute approximate surface area is 113 Å². The van der Waals surface area contributed by atoms with E-state index < -0.39 is 0 Å². The van der Waals surface area contributed by atoms with Crippen LogP contribution in [0.3, 0.4) is 0 Å². The maximum absolute atomic E-state index is 12.0. The highest BCUT2D eigenvalue weighted by atomic mass is 16.2. The molecule has 3 rings (SSSR count). The van der Waals surface area contributed by atoms with Crippen molar-refractivity contribution in [2.75, 3.05) is 6.54 Å². The van der Waals surface area contributed by atoms with Crippen LogP contribution < -0.4 is 5.32 Å². The predicted octanol–water partition coefficient (Wildman–Crippen LogP) is 2.42. The first-order chi connectivity index (χ1) is 9.27. The Bertz CT molecular complexity index is 471. The quantitative estimate of drug-likeness (QED) is 0.842. The molecule has 1 N–H and O–H groups in total. The molecule has 2 saturated carbocycles. The number of hydrogen-bond donors (Lipinski definition) is 1. The summed E-state index contributed by atoms with van der Waals surface area (Å²) >= 11 is 0. The lowest BCUT2D eigenvalue weighted by Gasteiger charge is -2.04. The number of ketones is 1. The smallest absolute Gasteiger partial charge is 0.224 e. The fourth-order valence-corrected chi connectivity index (χ4v) is 3.39. The first kappa shape index (κ1) is 12.4. The average molecular weight is 257 g/mol. The Kier molecular flexibility index (Phi) is 3.36. The number of carbonyl (C=O) groups excluding carboxylic acids is 2. The normalized spacial score (nSPS) is 28.3. The Morgan fingerprint density at radius 1 is 1.05 bits per heavy atom. The van der Waals surface area contributed by atoms with E-state index in [1.807, 2.05) is 18.2 Å². The molecule has 2 atom stereocenters. The van der Waals surface area contributed by atoms with Crippen LogP contribution in [0.5, 0.6) is 0 Å². The Hall–Kier alpha value is -1.64. The lowest BCUT2D eigenvalue weighted by Crippen LogP contribution is -2.31. The molecule has 1 aromatic carbocycles. The summed E-state index contributed by atoms with van der Waals surface area (Å²) in [6, 6.07) is 9.12. The monoisotopic (exact) mass is 257 g/mol. The number of fused-ring (bicyclic) bond motifs is 1. The zero-order chi connectivity index (χ0) is 13.2. The van der Waals surface area contributed by atoms with Crippen LogP contribution in [0, 0.1) is 17.8 Å². The van der Waals surface area contributed by atoms with Crippen molar-refractivity contribution < 1.29 is 9.59 Å². The summed E-state index contributed by atoms with van der Waals surface area (Å²) in [5.74, 6) is 1.45. The van der Waals surface area contributed by atoms with Gasteiger partial charge in [-0.25, -0.2) is 0 Å². The molecule has 0 bridgehead atoms. The van der Waals surface area contributed by atoms with E-state index in [4.69, 9.17) is 0 Å². The third-order valence-corrected chi connectivity index (χ3v) is 4.48. The van der Waals surface area contributed by atoms with Gasteiger partial charge in [0.25, 0.3) is 0 Å². The van der Waals surface area contributed by atoms with Crippen LogP contribution in [-0.2, 0) is 4.79 Å². The van der Waals surface area contributed by atoms with Crippen molar-refractivity contribution in [1.29, 1.82) is 0 Å². The van der Waals surface area contributed by atoms with E-state index in [0.717, 1.165) is 0 Å². The molecule has 0 aliphatic heterocycles. The van der Waals surface area contributed by atoms with Crippen LogP contribution >= 0.6 is 0 Å². The zero-order valence-electron chi connectivity index (χ0n) is 11.0. The minimum atomic E-state index is -0.0161. The van der Waals surface area contributed by atoms with Gasteiger partial charge in [-0.1, -0.05) is 43.2 Å². The molecule has 0 aromatic heterocycles. The summed E-state index contributed by atoms with van der Waals surface area (Å²) in [5.41, 5.74) is 0.663. The van der Waals surface area contributed by atoms with Gasteiger partial charge in [0, 0.05) is 11.5 Å². The van der Waals surface area contributed by atoms with E-state index in [2.05, 4.69) is 5.32 Å². The standard InChI is InChI=1S/C16H19NO2/c18-14(11-6-2-1-3-7-11)10-17-16(19)15-12-8-4-5-9-13(12)15/h1-3,6-7,12-13,15H,4-5,8-10H2,(H,17,19). The number of benzene rings is 1. The summed E-state index contributed by atoms with van der Waals surface area (Å²) in [4.78, 5) is 23.9. The molecule has 3 heteroatoms. The van der Waals surface area contributed by atoms with Gasteiger partial charge in [-0.3, -0.25) is 9.59 Å².